The van der Waals surface area contributed by atoms with Gasteiger partial charge >= 0.3 is 6.03 Å². The summed E-state index contributed by atoms with van der Waals surface area (Å²) in [4.78, 5) is 10.7. The van der Waals surface area contributed by atoms with Crippen molar-refractivity contribution in [2.75, 3.05) is 6.54 Å². The van der Waals surface area contributed by atoms with E-state index in [2.05, 4.69) is 28.1 Å². The van der Waals surface area contributed by atoms with Crippen LogP contribution in [0.15, 0.2) is 28.7 Å². The van der Waals surface area contributed by atoms with Gasteiger partial charge < -0.3 is 5.73 Å². The van der Waals surface area contributed by atoms with Crippen molar-refractivity contribution < 1.29 is 10.0 Å². The number of benzene rings is 1. The van der Waals surface area contributed by atoms with E-state index in [9.17, 15) is 10.0 Å². The quantitative estimate of drug-likeness (QED) is 0.661. The Kier molecular flexibility index (Phi) is 3.16. The molecule has 1 aromatic rings. The van der Waals surface area contributed by atoms with Crippen LogP contribution < -0.4 is 5.73 Å². The predicted octanol–water partition coefficient (Wildman–Crippen LogP) is 2.32. The zero-order valence-electron chi connectivity index (χ0n) is 8.64. The van der Waals surface area contributed by atoms with Gasteiger partial charge in [0, 0.05) is 4.47 Å². The maximum Gasteiger partial charge on any atom is 0.338 e. The minimum absolute atomic E-state index is 0.312. The Morgan fingerprint density at radius 3 is 3.00 bits per heavy atom. The van der Waals surface area contributed by atoms with E-state index in [1.807, 2.05) is 12.1 Å². The van der Waals surface area contributed by atoms with Crippen molar-refractivity contribution in [1.29, 1.82) is 0 Å². The molecule has 0 aliphatic heterocycles. The molecule has 0 spiro atoms. The average molecular weight is 285 g/mol. The van der Waals surface area contributed by atoms with Crippen molar-refractivity contribution in [2.24, 2.45) is 11.7 Å². The second-order valence-corrected chi connectivity index (χ2v) is 4.99. The summed E-state index contributed by atoms with van der Waals surface area (Å²) in [7, 11) is 0. The molecule has 16 heavy (non-hydrogen) atoms. The number of primary amides is 1. The number of nitrogens with two attached hydrogens (primary N) is 1. The van der Waals surface area contributed by atoms with Crippen molar-refractivity contribution in [3.63, 3.8) is 0 Å². The van der Waals surface area contributed by atoms with Crippen LogP contribution in [0.25, 0.3) is 0 Å². The number of hydrogen-bond acceptors (Lipinski definition) is 2. The summed E-state index contributed by atoms with van der Waals surface area (Å²) in [5.41, 5.74) is 6.18. The number of hydroxylamine groups is 2. The molecule has 2 atom stereocenters. The molecular weight excluding hydrogens is 272 g/mol. The van der Waals surface area contributed by atoms with Crippen molar-refractivity contribution in [3.05, 3.63) is 34.3 Å². The lowest BCUT2D eigenvalue weighted by Gasteiger charge is -2.11. The van der Waals surface area contributed by atoms with Crippen molar-refractivity contribution in [2.45, 2.75) is 12.3 Å². The van der Waals surface area contributed by atoms with E-state index in [1.165, 1.54) is 5.56 Å². The Labute approximate surface area is 102 Å². The molecular formula is C11H13BrN2O2. The normalized spacial score (nSPS) is 22.9. The van der Waals surface area contributed by atoms with Crippen LogP contribution in [0.2, 0.25) is 0 Å². The highest BCUT2D eigenvalue weighted by Gasteiger charge is 2.39. The molecule has 1 aliphatic rings. The summed E-state index contributed by atoms with van der Waals surface area (Å²) < 4.78 is 1.05. The standard InChI is InChI=1S/C11H13BrN2O2/c12-9-3-1-2-7(4-9)10-5-8(10)6-14(16)11(13)15/h1-4,8,10,16H,5-6H2,(H2,13,15). The highest BCUT2D eigenvalue weighted by molar-refractivity contribution is 9.10. The predicted molar refractivity (Wildman–Crippen MR) is 63.1 cm³/mol. The number of rotatable bonds is 3. The van der Waals surface area contributed by atoms with Crippen LogP contribution in [0, 0.1) is 5.92 Å². The molecule has 0 saturated heterocycles. The van der Waals surface area contributed by atoms with Crippen molar-refractivity contribution >= 4 is 22.0 Å². The first-order chi connectivity index (χ1) is 7.58. The lowest BCUT2D eigenvalue weighted by Crippen LogP contribution is -2.34. The average Bonchev–Trinajstić information content (AvgIpc) is 2.97. The zero-order chi connectivity index (χ0) is 11.7. The van der Waals surface area contributed by atoms with Gasteiger partial charge in [0.05, 0.1) is 6.54 Å². The van der Waals surface area contributed by atoms with Gasteiger partial charge in [0.25, 0.3) is 0 Å². The van der Waals surface area contributed by atoms with Crippen LogP contribution in [-0.2, 0) is 0 Å². The van der Waals surface area contributed by atoms with E-state index in [0.29, 0.717) is 23.4 Å². The Bertz CT molecular complexity index is 411. The molecule has 2 unspecified atom stereocenters. The van der Waals surface area contributed by atoms with E-state index in [0.717, 1.165) is 10.9 Å². The third kappa shape index (κ3) is 2.54. The number of carbonyl (C=O) groups is 1. The smallest absolute Gasteiger partial charge is 0.338 e. The Morgan fingerprint density at radius 1 is 1.62 bits per heavy atom. The topological polar surface area (TPSA) is 66.6 Å². The second kappa shape index (κ2) is 4.43. The largest absolute Gasteiger partial charge is 0.350 e. The summed E-state index contributed by atoms with van der Waals surface area (Å²) in [5.74, 6) is 0.735. The third-order valence-electron chi connectivity index (χ3n) is 2.86. The second-order valence-electron chi connectivity index (χ2n) is 4.08. The molecule has 3 N–H and O–H groups in total. The van der Waals surface area contributed by atoms with Crippen LogP contribution in [0.3, 0.4) is 0 Å². The fourth-order valence-corrected chi connectivity index (χ4v) is 2.32. The maximum absolute atomic E-state index is 10.7. The Balaban J connectivity index is 1.94. The molecule has 1 aliphatic carbocycles. The van der Waals surface area contributed by atoms with E-state index in [1.54, 1.807) is 0 Å². The molecule has 86 valence electrons. The van der Waals surface area contributed by atoms with Gasteiger partial charge in [-0.1, -0.05) is 28.1 Å². The van der Waals surface area contributed by atoms with Gasteiger partial charge in [-0.15, -0.1) is 0 Å². The van der Waals surface area contributed by atoms with Crippen LogP contribution in [0.5, 0.6) is 0 Å². The molecule has 1 fully saturated rings. The number of urea groups is 1. The number of hydrogen-bond donors (Lipinski definition) is 2. The molecule has 2 amide bonds. The van der Waals surface area contributed by atoms with Gasteiger partial charge in [0.1, 0.15) is 0 Å². The van der Waals surface area contributed by atoms with Crippen molar-refractivity contribution in [3.8, 4) is 0 Å². The molecule has 1 saturated carbocycles. The third-order valence-corrected chi connectivity index (χ3v) is 3.35. The summed E-state index contributed by atoms with van der Waals surface area (Å²) in [5, 5.41) is 9.79. The molecule has 0 radical (unpaired) electrons. The van der Waals surface area contributed by atoms with Gasteiger partial charge in [-0.3, -0.25) is 5.21 Å². The molecule has 2 rings (SSSR count). The van der Waals surface area contributed by atoms with E-state index in [-0.39, 0.29) is 0 Å². The first kappa shape index (κ1) is 11.4. The van der Waals surface area contributed by atoms with Crippen LogP contribution >= 0.6 is 15.9 Å². The minimum Gasteiger partial charge on any atom is -0.350 e. The van der Waals surface area contributed by atoms with Gasteiger partial charge in [-0.25, -0.2) is 9.86 Å². The Hall–Kier alpha value is -1.07. The molecule has 0 heterocycles. The number of nitrogens with zero attached hydrogens (tertiary/aromatic N) is 1. The van der Waals surface area contributed by atoms with Gasteiger partial charge in [-0.2, -0.15) is 0 Å². The zero-order valence-corrected chi connectivity index (χ0v) is 10.2. The van der Waals surface area contributed by atoms with Crippen LogP contribution in [0.4, 0.5) is 4.79 Å². The van der Waals surface area contributed by atoms with E-state index >= 15 is 0 Å². The summed E-state index contributed by atoms with van der Waals surface area (Å²) in [6.07, 6.45) is 0.987. The lowest BCUT2D eigenvalue weighted by atomic mass is 10.1. The summed E-state index contributed by atoms with van der Waals surface area (Å²) in [6.45, 7) is 0.312. The van der Waals surface area contributed by atoms with Crippen LogP contribution in [-0.4, -0.2) is 22.8 Å². The first-order valence-electron chi connectivity index (χ1n) is 5.09. The van der Waals surface area contributed by atoms with Gasteiger partial charge in [0.2, 0.25) is 0 Å². The first-order valence-corrected chi connectivity index (χ1v) is 5.88. The fraction of sp³-hybridized carbons (Fsp3) is 0.364. The highest BCUT2D eigenvalue weighted by atomic mass is 79.9. The fourth-order valence-electron chi connectivity index (χ4n) is 1.91. The molecule has 5 heteroatoms. The van der Waals surface area contributed by atoms with E-state index in [4.69, 9.17) is 5.73 Å². The Morgan fingerprint density at radius 2 is 2.38 bits per heavy atom. The lowest BCUT2D eigenvalue weighted by molar-refractivity contribution is -0.0431. The van der Waals surface area contributed by atoms with Crippen LogP contribution in [0.1, 0.15) is 17.9 Å². The number of carbonyl (C=O) groups excluding carboxylic acids is 1. The molecule has 1 aromatic carbocycles. The highest BCUT2D eigenvalue weighted by Crippen LogP contribution is 2.48. The molecule has 4 nitrogen and oxygen atoms in total. The molecule has 0 bridgehead atoms. The monoisotopic (exact) mass is 284 g/mol. The minimum atomic E-state index is -0.792. The summed E-state index contributed by atoms with van der Waals surface area (Å²) >= 11 is 3.42. The van der Waals surface area contributed by atoms with Gasteiger partial charge in [0.15, 0.2) is 0 Å². The molecule has 0 aromatic heterocycles. The van der Waals surface area contributed by atoms with E-state index < -0.39 is 6.03 Å². The number of amides is 2. The van der Waals surface area contributed by atoms with Crippen molar-refractivity contribution in [1.82, 2.24) is 5.06 Å². The number of halogens is 1. The summed E-state index contributed by atoms with van der Waals surface area (Å²) in [6, 6.07) is 7.29. The SMILES string of the molecule is NC(=O)N(O)CC1CC1c1cccc(Br)c1. The van der Waals surface area contributed by atoms with Gasteiger partial charge in [-0.05, 0) is 36.0 Å². The maximum atomic E-state index is 10.7.